The van der Waals surface area contributed by atoms with Gasteiger partial charge in [-0.1, -0.05) is 35.9 Å². The number of morpholine rings is 1. The van der Waals surface area contributed by atoms with Crippen LogP contribution in [0.4, 0.5) is 5.82 Å². The molecule has 1 saturated heterocycles. The predicted octanol–water partition coefficient (Wildman–Crippen LogP) is 4.93. The number of rotatable bonds is 5. The first kappa shape index (κ1) is 18.3. The van der Waals surface area contributed by atoms with Crippen LogP contribution in [0.1, 0.15) is 5.56 Å². The van der Waals surface area contributed by atoms with Gasteiger partial charge in [0.25, 0.3) is 0 Å². The zero-order chi connectivity index (χ0) is 18.5. The molecule has 3 aromatic rings. The van der Waals surface area contributed by atoms with Crippen molar-refractivity contribution >= 4 is 29.2 Å². The number of hydrogen-bond donors (Lipinski definition) is 0. The summed E-state index contributed by atoms with van der Waals surface area (Å²) in [5, 5.41) is 0.757. The topological polar surface area (TPSA) is 38.2 Å². The first-order chi connectivity index (χ1) is 13.3. The molecular weight excluding hydrogens is 378 g/mol. The second-order valence-corrected chi connectivity index (χ2v) is 7.72. The van der Waals surface area contributed by atoms with Crippen molar-refractivity contribution in [1.29, 1.82) is 0 Å². The average molecular weight is 398 g/mol. The number of benzene rings is 2. The third-order valence-corrected chi connectivity index (χ3v) is 5.76. The van der Waals surface area contributed by atoms with Crippen LogP contribution in [0.3, 0.4) is 0 Å². The van der Waals surface area contributed by atoms with Crippen molar-refractivity contribution in [2.45, 2.75) is 10.6 Å². The molecule has 6 heteroatoms. The van der Waals surface area contributed by atoms with Gasteiger partial charge >= 0.3 is 0 Å². The van der Waals surface area contributed by atoms with E-state index in [1.165, 1.54) is 10.5 Å². The molecule has 4 rings (SSSR count). The summed E-state index contributed by atoms with van der Waals surface area (Å²) < 4.78 is 5.44. The van der Waals surface area contributed by atoms with E-state index >= 15 is 0 Å². The van der Waals surface area contributed by atoms with Crippen molar-refractivity contribution in [2.24, 2.45) is 0 Å². The average Bonchev–Trinajstić information content (AvgIpc) is 2.74. The molecule has 0 saturated carbocycles. The van der Waals surface area contributed by atoms with E-state index in [0.717, 1.165) is 54.3 Å². The van der Waals surface area contributed by atoms with Crippen molar-refractivity contribution in [3.05, 3.63) is 71.4 Å². The maximum atomic E-state index is 5.98. The number of hydrogen-bond acceptors (Lipinski definition) is 5. The molecule has 0 aliphatic carbocycles. The van der Waals surface area contributed by atoms with E-state index in [-0.39, 0.29) is 0 Å². The lowest BCUT2D eigenvalue weighted by atomic mass is 10.1. The minimum Gasteiger partial charge on any atom is -0.378 e. The van der Waals surface area contributed by atoms with E-state index in [1.807, 2.05) is 42.6 Å². The van der Waals surface area contributed by atoms with Gasteiger partial charge in [-0.2, -0.15) is 0 Å². The minimum atomic E-state index is 0.744. The van der Waals surface area contributed by atoms with Crippen LogP contribution in [0.5, 0.6) is 0 Å². The van der Waals surface area contributed by atoms with Gasteiger partial charge in [0.2, 0.25) is 0 Å². The molecule has 4 nitrogen and oxygen atoms in total. The maximum Gasteiger partial charge on any atom is 0.161 e. The van der Waals surface area contributed by atoms with E-state index in [2.05, 4.69) is 28.1 Å². The van der Waals surface area contributed by atoms with Crippen LogP contribution in [-0.4, -0.2) is 36.3 Å². The maximum absolute atomic E-state index is 5.98. The molecule has 138 valence electrons. The molecule has 0 atom stereocenters. The molecule has 0 N–H and O–H groups in total. The van der Waals surface area contributed by atoms with Crippen LogP contribution < -0.4 is 4.90 Å². The second kappa shape index (κ2) is 8.74. The van der Waals surface area contributed by atoms with E-state index in [1.54, 1.807) is 11.8 Å². The highest BCUT2D eigenvalue weighted by molar-refractivity contribution is 7.98. The fourth-order valence-corrected chi connectivity index (χ4v) is 4.03. The SMILES string of the molecule is Clc1ccc(SCc2ccccc2-c2nccc(N3CCOCC3)n2)cc1. The highest BCUT2D eigenvalue weighted by Crippen LogP contribution is 2.29. The lowest BCUT2D eigenvalue weighted by molar-refractivity contribution is 0.122. The summed E-state index contributed by atoms with van der Waals surface area (Å²) in [5.74, 6) is 2.58. The molecule has 2 heterocycles. The van der Waals surface area contributed by atoms with Gasteiger partial charge in [0, 0.05) is 40.5 Å². The zero-order valence-electron chi connectivity index (χ0n) is 14.8. The Kier molecular flexibility index (Phi) is 5.92. The van der Waals surface area contributed by atoms with E-state index in [0.29, 0.717) is 0 Å². The number of halogens is 1. The van der Waals surface area contributed by atoms with Crippen LogP contribution in [0, 0.1) is 0 Å². The number of aromatic nitrogens is 2. The van der Waals surface area contributed by atoms with E-state index in [4.69, 9.17) is 21.3 Å². The summed E-state index contributed by atoms with van der Waals surface area (Å²) in [6, 6.07) is 18.2. The molecule has 0 amide bonds. The fourth-order valence-electron chi connectivity index (χ4n) is 3.00. The van der Waals surface area contributed by atoms with Crippen LogP contribution in [-0.2, 0) is 10.5 Å². The summed E-state index contributed by atoms with van der Waals surface area (Å²) in [4.78, 5) is 12.8. The van der Waals surface area contributed by atoms with Crippen LogP contribution in [0.15, 0.2) is 65.7 Å². The minimum absolute atomic E-state index is 0.744. The Hall–Kier alpha value is -2.08. The molecule has 2 aromatic carbocycles. The van der Waals surface area contributed by atoms with Gasteiger partial charge in [0.1, 0.15) is 5.82 Å². The molecular formula is C21H20ClN3OS. The zero-order valence-corrected chi connectivity index (χ0v) is 16.4. The lowest BCUT2D eigenvalue weighted by Crippen LogP contribution is -2.36. The number of thioether (sulfide) groups is 1. The van der Waals surface area contributed by atoms with Crippen molar-refractivity contribution in [2.75, 3.05) is 31.2 Å². The Morgan fingerprint density at radius 1 is 1.00 bits per heavy atom. The van der Waals surface area contributed by atoms with E-state index < -0.39 is 0 Å². The Morgan fingerprint density at radius 2 is 1.78 bits per heavy atom. The highest BCUT2D eigenvalue weighted by Gasteiger charge is 2.15. The normalized spacial score (nSPS) is 14.3. The Labute approximate surface area is 168 Å². The third-order valence-electron chi connectivity index (χ3n) is 4.44. The second-order valence-electron chi connectivity index (χ2n) is 6.24. The quantitative estimate of drug-likeness (QED) is 0.571. The van der Waals surface area contributed by atoms with Gasteiger partial charge in [0.05, 0.1) is 13.2 Å². The fraction of sp³-hybridized carbons (Fsp3) is 0.238. The summed E-state index contributed by atoms with van der Waals surface area (Å²) in [7, 11) is 0. The Balaban J connectivity index is 1.56. The van der Waals surface area contributed by atoms with E-state index in [9.17, 15) is 0 Å². The molecule has 0 bridgehead atoms. The largest absolute Gasteiger partial charge is 0.378 e. The number of anilines is 1. The summed E-state index contributed by atoms with van der Waals surface area (Å²) >= 11 is 7.76. The number of ether oxygens (including phenoxy) is 1. The van der Waals surface area contributed by atoms with Crippen molar-refractivity contribution in [3.63, 3.8) is 0 Å². The van der Waals surface area contributed by atoms with Crippen molar-refractivity contribution in [1.82, 2.24) is 9.97 Å². The molecule has 1 aliphatic heterocycles. The van der Waals surface area contributed by atoms with Crippen molar-refractivity contribution < 1.29 is 4.74 Å². The van der Waals surface area contributed by atoms with Crippen LogP contribution in [0.25, 0.3) is 11.4 Å². The van der Waals surface area contributed by atoms with Crippen LogP contribution >= 0.6 is 23.4 Å². The first-order valence-electron chi connectivity index (χ1n) is 8.92. The Bertz CT molecular complexity index is 898. The summed E-state index contributed by atoms with van der Waals surface area (Å²) in [5.41, 5.74) is 2.30. The van der Waals surface area contributed by atoms with Gasteiger partial charge in [-0.15, -0.1) is 11.8 Å². The van der Waals surface area contributed by atoms with Gasteiger partial charge in [0.15, 0.2) is 5.82 Å². The molecule has 1 aromatic heterocycles. The predicted molar refractivity (Wildman–Crippen MR) is 112 cm³/mol. The Morgan fingerprint density at radius 3 is 2.59 bits per heavy atom. The van der Waals surface area contributed by atoms with Crippen LogP contribution in [0.2, 0.25) is 5.02 Å². The smallest absolute Gasteiger partial charge is 0.161 e. The first-order valence-corrected chi connectivity index (χ1v) is 10.3. The molecule has 1 aliphatic rings. The van der Waals surface area contributed by atoms with Gasteiger partial charge in [-0.25, -0.2) is 9.97 Å². The lowest BCUT2D eigenvalue weighted by Gasteiger charge is -2.27. The molecule has 0 radical (unpaired) electrons. The molecule has 1 fully saturated rings. The summed E-state index contributed by atoms with van der Waals surface area (Å²) in [6.45, 7) is 3.22. The van der Waals surface area contributed by atoms with Gasteiger partial charge < -0.3 is 9.64 Å². The molecule has 0 unspecified atom stereocenters. The number of nitrogens with zero attached hydrogens (tertiary/aromatic N) is 3. The van der Waals surface area contributed by atoms with Gasteiger partial charge in [-0.05, 0) is 35.9 Å². The van der Waals surface area contributed by atoms with Gasteiger partial charge in [-0.3, -0.25) is 0 Å². The summed E-state index contributed by atoms with van der Waals surface area (Å²) in [6.07, 6.45) is 1.84. The monoisotopic (exact) mass is 397 g/mol. The van der Waals surface area contributed by atoms with Crippen molar-refractivity contribution in [3.8, 4) is 11.4 Å². The highest BCUT2D eigenvalue weighted by atomic mass is 35.5. The molecule has 0 spiro atoms. The third kappa shape index (κ3) is 4.61. The molecule has 27 heavy (non-hydrogen) atoms. The standard InChI is InChI=1S/C21H20ClN3OS/c22-17-5-7-18(8-6-17)27-15-16-3-1-2-4-19(16)21-23-10-9-20(24-21)25-11-13-26-14-12-25/h1-10H,11-15H2.